The molecule has 1 atom stereocenters. The van der Waals surface area contributed by atoms with Crippen LogP contribution in [0.15, 0.2) is 22.6 Å². The lowest BCUT2D eigenvalue weighted by molar-refractivity contribution is 0.243. The molecule has 0 amide bonds. The van der Waals surface area contributed by atoms with Gasteiger partial charge in [0.1, 0.15) is 27.6 Å². The van der Waals surface area contributed by atoms with Crippen LogP contribution in [0.25, 0.3) is 10.9 Å². The van der Waals surface area contributed by atoms with Gasteiger partial charge in [-0.1, -0.05) is 16.0 Å². The van der Waals surface area contributed by atoms with E-state index >= 15 is 0 Å². The molecule has 1 aromatic carbocycles. The Morgan fingerprint density at radius 3 is 2.46 bits per heavy atom. The SMILES string of the molecule is COc1nc2cc(OC(C)C)c(Cl)cc2cc1/C(C)=N\[S+]([O-])C(C)(C)C. The van der Waals surface area contributed by atoms with Crippen LogP contribution >= 0.6 is 11.6 Å². The molecule has 0 N–H and O–H groups in total. The van der Waals surface area contributed by atoms with Crippen molar-refractivity contribution in [3.05, 3.63) is 28.8 Å². The summed E-state index contributed by atoms with van der Waals surface area (Å²) >= 11 is 4.97. The van der Waals surface area contributed by atoms with Crippen LogP contribution in [-0.4, -0.2) is 33.2 Å². The van der Waals surface area contributed by atoms with E-state index in [1.165, 1.54) is 0 Å². The van der Waals surface area contributed by atoms with E-state index in [4.69, 9.17) is 21.1 Å². The van der Waals surface area contributed by atoms with Gasteiger partial charge in [-0.15, -0.1) is 0 Å². The summed E-state index contributed by atoms with van der Waals surface area (Å²) in [7, 11) is 1.55. The number of pyridine rings is 1. The van der Waals surface area contributed by atoms with Crippen molar-refractivity contribution in [3.8, 4) is 11.6 Å². The first-order valence-corrected chi connectivity index (χ1v) is 9.84. The molecule has 1 unspecified atom stereocenters. The first kappa shape index (κ1) is 20.8. The van der Waals surface area contributed by atoms with E-state index in [1.807, 2.05) is 40.7 Å². The minimum atomic E-state index is -1.37. The van der Waals surface area contributed by atoms with Crippen LogP contribution in [0.5, 0.6) is 11.6 Å². The molecule has 0 spiro atoms. The van der Waals surface area contributed by atoms with E-state index in [0.717, 1.165) is 5.39 Å². The number of aromatic nitrogens is 1. The predicted molar refractivity (Wildman–Crippen MR) is 109 cm³/mol. The molecule has 7 heteroatoms. The summed E-state index contributed by atoms with van der Waals surface area (Å²) in [5.41, 5.74) is 1.99. The molecule has 0 fully saturated rings. The Labute approximate surface area is 163 Å². The van der Waals surface area contributed by atoms with Gasteiger partial charge in [0.2, 0.25) is 5.88 Å². The molecule has 0 saturated carbocycles. The van der Waals surface area contributed by atoms with Crippen molar-refractivity contribution >= 4 is 39.6 Å². The van der Waals surface area contributed by atoms with Crippen LogP contribution in [-0.2, 0) is 11.4 Å². The fraction of sp³-hybridized carbons (Fsp3) is 0.474. The third-order valence-electron chi connectivity index (χ3n) is 3.52. The first-order chi connectivity index (χ1) is 12.0. The molecule has 1 heterocycles. The maximum atomic E-state index is 12.3. The standard InChI is InChI=1S/C19H25ClN2O3S/c1-11(2)25-17-10-16-13(9-15(17)20)8-14(18(21-16)24-7)12(3)22-26(23)19(4,5)6/h8-11H,1-7H3/b22-12-. The number of nitrogens with zero attached hydrogens (tertiary/aromatic N) is 2. The largest absolute Gasteiger partial charge is 0.591 e. The lowest BCUT2D eigenvalue weighted by atomic mass is 10.1. The lowest BCUT2D eigenvalue weighted by Gasteiger charge is -2.19. The molecule has 142 valence electrons. The molecule has 0 radical (unpaired) electrons. The molecule has 2 rings (SSSR count). The number of hydrogen-bond donors (Lipinski definition) is 0. The van der Waals surface area contributed by atoms with Gasteiger partial charge in [-0.2, -0.15) is 0 Å². The first-order valence-electron chi connectivity index (χ1n) is 8.35. The maximum Gasteiger partial charge on any atom is 0.223 e. The van der Waals surface area contributed by atoms with Crippen molar-refractivity contribution in [1.29, 1.82) is 0 Å². The van der Waals surface area contributed by atoms with Crippen LogP contribution in [0, 0.1) is 0 Å². The summed E-state index contributed by atoms with van der Waals surface area (Å²) in [6, 6.07) is 5.49. The van der Waals surface area contributed by atoms with Crippen molar-refractivity contribution < 1.29 is 14.0 Å². The molecule has 26 heavy (non-hydrogen) atoms. The summed E-state index contributed by atoms with van der Waals surface area (Å²) in [5.74, 6) is 0.998. The smallest absolute Gasteiger partial charge is 0.223 e. The number of ether oxygens (including phenoxy) is 2. The van der Waals surface area contributed by atoms with Crippen molar-refractivity contribution in [3.63, 3.8) is 0 Å². The number of fused-ring (bicyclic) bond motifs is 1. The average molecular weight is 397 g/mol. The number of benzene rings is 1. The third-order valence-corrected chi connectivity index (χ3v) is 5.31. The van der Waals surface area contributed by atoms with Gasteiger partial charge in [-0.25, -0.2) is 4.98 Å². The van der Waals surface area contributed by atoms with Crippen LogP contribution < -0.4 is 9.47 Å². The highest BCUT2D eigenvalue weighted by molar-refractivity contribution is 7.91. The van der Waals surface area contributed by atoms with E-state index in [0.29, 0.717) is 33.4 Å². The van der Waals surface area contributed by atoms with Crippen LogP contribution in [0.3, 0.4) is 0 Å². The minimum absolute atomic E-state index is 0.00729. The Bertz CT molecular complexity index is 832. The second-order valence-electron chi connectivity index (χ2n) is 7.23. The normalized spacial score (nSPS) is 14.0. The zero-order valence-electron chi connectivity index (χ0n) is 16.2. The van der Waals surface area contributed by atoms with Crippen LogP contribution in [0.4, 0.5) is 0 Å². The fourth-order valence-corrected chi connectivity index (χ4v) is 3.06. The average Bonchev–Trinajstić information content (AvgIpc) is 2.53. The number of rotatable bonds is 5. The molecular weight excluding hydrogens is 372 g/mol. The second kappa shape index (κ2) is 8.03. The summed E-state index contributed by atoms with van der Waals surface area (Å²) in [6.45, 7) is 11.3. The number of halogens is 1. The van der Waals surface area contributed by atoms with Gasteiger partial charge in [0.15, 0.2) is 0 Å². The van der Waals surface area contributed by atoms with Crippen molar-refractivity contribution in [2.45, 2.75) is 52.4 Å². The molecule has 0 aliphatic carbocycles. The van der Waals surface area contributed by atoms with Gasteiger partial charge in [-0.05, 0) is 53.7 Å². The van der Waals surface area contributed by atoms with Crippen molar-refractivity contribution in [1.82, 2.24) is 4.98 Å². The zero-order valence-corrected chi connectivity index (χ0v) is 17.8. The maximum absolute atomic E-state index is 12.3. The predicted octanol–water partition coefficient (Wildman–Crippen LogP) is 4.96. The fourth-order valence-electron chi connectivity index (χ4n) is 2.23. The molecular formula is C19H25ClN2O3S. The molecule has 1 aromatic heterocycles. The van der Waals surface area contributed by atoms with Gasteiger partial charge < -0.3 is 14.0 Å². The van der Waals surface area contributed by atoms with E-state index in [1.54, 1.807) is 26.2 Å². The van der Waals surface area contributed by atoms with E-state index in [9.17, 15) is 4.55 Å². The quantitative estimate of drug-likeness (QED) is 0.529. The Morgan fingerprint density at radius 2 is 1.92 bits per heavy atom. The molecule has 2 aromatic rings. The Kier molecular flexibility index (Phi) is 6.42. The highest BCUT2D eigenvalue weighted by Crippen LogP contribution is 2.33. The highest BCUT2D eigenvalue weighted by atomic mass is 35.5. The highest BCUT2D eigenvalue weighted by Gasteiger charge is 2.27. The van der Waals surface area contributed by atoms with Crippen LogP contribution in [0.2, 0.25) is 5.02 Å². The lowest BCUT2D eigenvalue weighted by Crippen LogP contribution is -2.26. The summed E-state index contributed by atoms with van der Waals surface area (Å²) < 4.78 is 27.4. The monoisotopic (exact) mass is 396 g/mol. The molecule has 5 nitrogen and oxygen atoms in total. The Morgan fingerprint density at radius 1 is 1.27 bits per heavy atom. The summed E-state index contributed by atoms with van der Waals surface area (Å²) in [4.78, 5) is 4.55. The van der Waals surface area contributed by atoms with Gasteiger partial charge in [-0.3, -0.25) is 0 Å². The van der Waals surface area contributed by atoms with Gasteiger partial charge in [0.05, 0.1) is 29.3 Å². The molecule has 0 bridgehead atoms. The van der Waals surface area contributed by atoms with Gasteiger partial charge in [0.25, 0.3) is 0 Å². The second-order valence-corrected chi connectivity index (χ2v) is 9.54. The number of methoxy groups -OCH3 is 1. The van der Waals surface area contributed by atoms with Gasteiger partial charge in [0, 0.05) is 11.5 Å². The molecule has 0 aliphatic heterocycles. The molecule has 0 aliphatic rings. The van der Waals surface area contributed by atoms with Crippen molar-refractivity contribution in [2.24, 2.45) is 4.40 Å². The van der Waals surface area contributed by atoms with E-state index in [2.05, 4.69) is 9.38 Å². The minimum Gasteiger partial charge on any atom is -0.591 e. The van der Waals surface area contributed by atoms with Gasteiger partial charge >= 0.3 is 0 Å². The van der Waals surface area contributed by atoms with Crippen molar-refractivity contribution in [2.75, 3.05) is 7.11 Å². The number of hydrogen-bond acceptors (Lipinski definition) is 5. The summed E-state index contributed by atoms with van der Waals surface area (Å²) in [6.07, 6.45) is 0.00729. The third kappa shape index (κ3) is 4.81. The molecule has 0 saturated heterocycles. The summed E-state index contributed by atoms with van der Waals surface area (Å²) in [5, 5.41) is 1.34. The Balaban J connectivity index is 2.56. The topological polar surface area (TPSA) is 66.8 Å². The zero-order chi connectivity index (χ0) is 19.6. The Hall–Kier alpha value is -1.50. The van der Waals surface area contributed by atoms with E-state index in [-0.39, 0.29) is 6.10 Å². The van der Waals surface area contributed by atoms with E-state index < -0.39 is 16.1 Å². The van der Waals surface area contributed by atoms with Crippen LogP contribution in [0.1, 0.15) is 47.1 Å².